The van der Waals surface area contributed by atoms with Crippen molar-refractivity contribution in [3.05, 3.63) is 65.4 Å². The summed E-state index contributed by atoms with van der Waals surface area (Å²) in [6.45, 7) is 7.43. The van der Waals surface area contributed by atoms with Crippen LogP contribution in [0.2, 0.25) is 5.02 Å². The minimum Gasteiger partial charge on any atom is -0.484 e. The molecular weight excluding hydrogens is 420 g/mol. The maximum Gasteiger partial charge on any atom is 0.235 e. The summed E-state index contributed by atoms with van der Waals surface area (Å²) < 4.78 is 7.81. The third-order valence-corrected chi connectivity index (χ3v) is 5.96. The fraction of sp³-hybridized carbons (Fsp3) is 0.318. The third kappa shape index (κ3) is 5.15. The number of hydrogen-bond donors (Lipinski definition) is 0. The lowest BCUT2D eigenvalue weighted by Gasteiger charge is -2.22. The first-order chi connectivity index (χ1) is 14.5. The van der Waals surface area contributed by atoms with Crippen LogP contribution in [-0.2, 0) is 11.4 Å². The molecule has 30 heavy (non-hydrogen) atoms. The highest BCUT2D eigenvalue weighted by Crippen LogP contribution is 2.28. The van der Waals surface area contributed by atoms with Gasteiger partial charge in [0, 0.05) is 18.8 Å². The van der Waals surface area contributed by atoms with E-state index in [4.69, 9.17) is 16.3 Å². The third-order valence-electron chi connectivity index (χ3n) is 4.61. The van der Waals surface area contributed by atoms with E-state index in [0.717, 1.165) is 5.69 Å². The van der Waals surface area contributed by atoms with E-state index in [1.165, 1.54) is 11.8 Å². The predicted octanol–water partition coefficient (Wildman–Crippen LogP) is 4.85. The van der Waals surface area contributed by atoms with Gasteiger partial charge in [-0.2, -0.15) is 0 Å². The standard InChI is InChI=1S/C22H25ClN4O2S/c1-4-26(5-2)21(28)16(3)30-22-25-24-20(27(22)17-11-7-6-8-12-17)15-29-19-14-10-9-13-18(19)23/h6-14,16H,4-5,15H2,1-3H3. The largest absolute Gasteiger partial charge is 0.484 e. The van der Waals surface area contributed by atoms with Crippen molar-refractivity contribution in [3.8, 4) is 11.4 Å². The van der Waals surface area contributed by atoms with E-state index in [2.05, 4.69) is 10.2 Å². The molecule has 0 spiro atoms. The van der Waals surface area contributed by atoms with Gasteiger partial charge in [-0.05, 0) is 45.0 Å². The number of carbonyl (C=O) groups excluding carboxylic acids is 1. The highest BCUT2D eigenvalue weighted by molar-refractivity contribution is 8.00. The summed E-state index contributed by atoms with van der Waals surface area (Å²) in [5.41, 5.74) is 0.908. The number of benzene rings is 2. The van der Waals surface area contributed by atoms with Crippen LogP contribution in [0, 0.1) is 0 Å². The minimum absolute atomic E-state index is 0.0847. The van der Waals surface area contributed by atoms with Crippen molar-refractivity contribution in [2.24, 2.45) is 0 Å². The first-order valence-corrected chi connectivity index (χ1v) is 11.1. The summed E-state index contributed by atoms with van der Waals surface area (Å²) in [6, 6.07) is 17.1. The summed E-state index contributed by atoms with van der Waals surface area (Å²) in [7, 11) is 0. The van der Waals surface area contributed by atoms with E-state index in [0.29, 0.717) is 34.8 Å². The Labute approximate surface area is 186 Å². The second-order valence-corrected chi connectivity index (χ2v) is 8.27. The number of aromatic nitrogens is 3. The van der Waals surface area contributed by atoms with Crippen LogP contribution in [0.4, 0.5) is 0 Å². The Balaban J connectivity index is 1.87. The van der Waals surface area contributed by atoms with Crippen LogP contribution in [0.15, 0.2) is 59.8 Å². The average molecular weight is 445 g/mol. The van der Waals surface area contributed by atoms with Crippen LogP contribution >= 0.6 is 23.4 Å². The lowest BCUT2D eigenvalue weighted by Crippen LogP contribution is -2.36. The number of halogens is 1. The van der Waals surface area contributed by atoms with Crippen molar-refractivity contribution in [1.29, 1.82) is 0 Å². The van der Waals surface area contributed by atoms with Gasteiger partial charge in [0.2, 0.25) is 5.91 Å². The molecule has 158 valence electrons. The molecule has 1 atom stereocenters. The zero-order valence-electron chi connectivity index (χ0n) is 17.3. The molecule has 0 saturated heterocycles. The average Bonchev–Trinajstić information content (AvgIpc) is 3.16. The molecule has 1 aromatic heterocycles. The monoisotopic (exact) mass is 444 g/mol. The molecule has 8 heteroatoms. The summed E-state index contributed by atoms with van der Waals surface area (Å²) in [5.74, 6) is 1.30. The highest BCUT2D eigenvalue weighted by Gasteiger charge is 2.24. The fourth-order valence-electron chi connectivity index (χ4n) is 3.01. The van der Waals surface area contributed by atoms with E-state index in [1.54, 1.807) is 6.07 Å². The molecule has 0 N–H and O–H groups in total. The van der Waals surface area contributed by atoms with Crippen LogP contribution in [-0.4, -0.2) is 43.9 Å². The molecule has 0 aliphatic carbocycles. The number of ether oxygens (including phenoxy) is 1. The molecule has 3 aromatic rings. The lowest BCUT2D eigenvalue weighted by atomic mass is 10.3. The molecule has 0 saturated carbocycles. The van der Waals surface area contributed by atoms with Crippen molar-refractivity contribution < 1.29 is 9.53 Å². The van der Waals surface area contributed by atoms with Gasteiger partial charge in [0.25, 0.3) is 0 Å². The smallest absolute Gasteiger partial charge is 0.235 e. The Morgan fingerprint density at radius 2 is 1.77 bits per heavy atom. The first-order valence-electron chi connectivity index (χ1n) is 9.87. The maximum absolute atomic E-state index is 12.7. The number of rotatable bonds is 9. The molecule has 2 aromatic carbocycles. The van der Waals surface area contributed by atoms with Gasteiger partial charge in [-0.1, -0.05) is 53.7 Å². The Kier molecular flexibility index (Phi) is 7.76. The van der Waals surface area contributed by atoms with E-state index in [-0.39, 0.29) is 17.8 Å². The lowest BCUT2D eigenvalue weighted by molar-refractivity contribution is -0.129. The van der Waals surface area contributed by atoms with Crippen LogP contribution in [0.1, 0.15) is 26.6 Å². The van der Waals surface area contributed by atoms with Crippen molar-refractivity contribution in [3.63, 3.8) is 0 Å². The summed E-state index contributed by atoms with van der Waals surface area (Å²) in [4.78, 5) is 14.5. The summed E-state index contributed by atoms with van der Waals surface area (Å²) >= 11 is 7.59. The van der Waals surface area contributed by atoms with E-state index in [9.17, 15) is 4.79 Å². The van der Waals surface area contributed by atoms with Crippen molar-refractivity contribution >= 4 is 29.3 Å². The van der Waals surface area contributed by atoms with Gasteiger partial charge in [0.1, 0.15) is 12.4 Å². The number of hydrogen-bond acceptors (Lipinski definition) is 5. The predicted molar refractivity (Wildman–Crippen MR) is 120 cm³/mol. The second-order valence-electron chi connectivity index (χ2n) is 6.56. The zero-order chi connectivity index (χ0) is 21.5. The molecule has 0 radical (unpaired) electrons. The van der Waals surface area contributed by atoms with Crippen molar-refractivity contribution in [2.45, 2.75) is 37.8 Å². The van der Waals surface area contributed by atoms with Crippen molar-refractivity contribution in [1.82, 2.24) is 19.7 Å². The zero-order valence-corrected chi connectivity index (χ0v) is 18.9. The molecule has 1 heterocycles. The quantitative estimate of drug-likeness (QED) is 0.441. The molecule has 0 fully saturated rings. The Morgan fingerprint density at radius 3 is 2.43 bits per heavy atom. The highest BCUT2D eigenvalue weighted by atomic mass is 35.5. The number of para-hydroxylation sites is 2. The molecule has 6 nitrogen and oxygen atoms in total. The van der Waals surface area contributed by atoms with E-state index >= 15 is 0 Å². The molecule has 0 aliphatic heterocycles. The van der Waals surface area contributed by atoms with Gasteiger partial charge in [0.15, 0.2) is 11.0 Å². The van der Waals surface area contributed by atoms with Gasteiger partial charge < -0.3 is 9.64 Å². The summed E-state index contributed by atoms with van der Waals surface area (Å²) in [5, 5.41) is 9.59. The molecule has 1 unspecified atom stereocenters. The molecular formula is C22H25ClN4O2S. The van der Waals surface area contributed by atoms with Gasteiger partial charge in [-0.15, -0.1) is 10.2 Å². The Hall–Kier alpha value is -2.51. The maximum atomic E-state index is 12.7. The SMILES string of the molecule is CCN(CC)C(=O)C(C)Sc1nnc(COc2ccccc2Cl)n1-c1ccccc1. The number of nitrogens with zero attached hydrogens (tertiary/aromatic N) is 4. The van der Waals surface area contributed by atoms with E-state index in [1.807, 2.05) is 78.8 Å². The topological polar surface area (TPSA) is 60.3 Å². The van der Waals surface area contributed by atoms with Gasteiger partial charge in [0.05, 0.1) is 10.3 Å². The molecule has 1 amide bonds. The van der Waals surface area contributed by atoms with E-state index < -0.39 is 0 Å². The first kappa shape index (κ1) is 22.2. The number of carbonyl (C=O) groups is 1. The Morgan fingerprint density at radius 1 is 1.10 bits per heavy atom. The van der Waals surface area contributed by atoms with Gasteiger partial charge in [-0.3, -0.25) is 9.36 Å². The number of thioether (sulfide) groups is 1. The van der Waals surface area contributed by atoms with Gasteiger partial charge in [-0.25, -0.2) is 0 Å². The number of amides is 1. The normalized spacial score (nSPS) is 11.9. The minimum atomic E-state index is -0.283. The second kappa shape index (κ2) is 10.5. The molecule has 0 aliphatic rings. The summed E-state index contributed by atoms with van der Waals surface area (Å²) in [6.07, 6.45) is 0. The fourth-order valence-corrected chi connectivity index (χ4v) is 4.17. The molecule has 0 bridgehead atoms. The van der Waals surface area contributed by atoms with Crippen LogP contribution in [0.25, 0.3) is 5.69 Å². The van der Waals surface area contributed by atoms with Crippen molar-refractivity contribution in [2.75, 3.05) is 13.1 Å². The molecule has 3 rings (SSSR count). The van der Waals surface area contributed by atoms with Crippen LogP contribution in [0.3, 0.4) is 0 Å². The Bertz CT molecular complexity index is 976. The van der Waals surface area contributed by atoms with Crippen LogP contribution in [0.5, 0.6) is 5.75 Å². The van der Waals surface area contributed by atoms with Crippen LogP contribution < -0.4 is 4.74 Å². The van der Waals surface area contributed by atoms with Gasteiger partial charge >= 0.3 is 0 Å².